The Hall–Kier alpha value is -2.53. The second-order valence-corrected chi connectivity index (χ2v) is 5.17. The van der Waals surface area contributed by atoms with Crippen LogP contribution in [0.4, 0.5) is 17.1 Å². The van der Waals surface area contributed by atoms with Crippen LogP contribution < -0.4 is 15.0 Å². The average Bonchev–Trinajstić information content (AvgIpc) is 2.57. The van der Waals surface area contributed by atoms with E-state index in [9.17, 15) is 9.59 Å². The standard InChI is InChI=1S/C17H17ClN2O3/c1-3-17(22)19-15-10-14(8-9-16(15)23-2)20(11-21)13-6-4-12(18)5-7-13/h4-11H,3H2,1-2H3,(H,19,22). The number of hydrogen-bond acceptors (Lipinski definition) is 3. The van der Waals surface area contributed by atoms with E-state index in [1.165, 1.54) is 12.0 Å². The van der Waals surface area contributed by atoms with Crippen molar-refractivity contribution >= 4 is 41.0 Å². The molecular formula is C17H17ClN2O3. The molecule has 0 saturated heterocycles. The van der Waals surface area contributed by atoms with Gasteiger partial charge in [0.25, 0.3) is 0 Å². The van der Waals surface area contributed by atoms with Crippen molar-refractivity contribution in [2.45, 2.75) is 13.3 Å². The summed E-state index contributed by atoms with van der Waals surface area (Å²) >= 11 is 5.87. The predicted molar refractivity (Wildman–Crippen MR) is 91.6 cm³/mol. The van der Waals surface area contributed by atoms with Gasteiger partial charge in [-0.1, -0.05) is 18.5 Å². The van der Waals surface area contributed by atoms with Gasteiger partial charge in [-0.15, -0.1) is 0 Å². The molecule has 0 saturated carbocycles. The maximum absolute atomic E-state index is 11.6. The highest BCUT2D eigenvalue weighted by Gasteiger charge is 2.13. The van der Waals surface area contributed by atoms with Crippen LogP contribution in [0, 0.1) is 0 Å². The van der Waals surface area contributed by atoms with Crippen molar-refractivity contribution < 1.29 is 14.3 Å². The molecule has 2 aromatic carbocycles. The van der Waals surface area contributed by atoms with Crippen LogP contribution in [0.25, 0.3) is 0 Å². The maximum Gasteiger partial charge on any atom is 0.224 e. The highest BCUT2D eigenvalue weighted by atomic mass is 35.5. The molecule has 2 amide bonds. The molecule has 0 radical (unpaired) electrons. The Kier molecular flexibility index (Phi) is 5.60. The van der Waals surface area contributed by atoms with Crippen molar-refractivity contribution in [3.63, 3.8) is 0 Å². The summed E-state index contributed by atoms with van der Waals surface area (Å²) in [6, 6.07) is 12.0. The Bertz CT molecular complexity index is 701. The van der Waals surface area contributed by atoms with Gasteiger partial charge >= 0.3 is 0 Å². The Labute approximate surface area is 139 Å². The van der Waals surface area contributed by atoms with E-state index in [0.29, 0.717) is 40.7 Å². The summed E-state index contributed by atoms with van der Waals surface area (Å²) in [4.78, 5) is 24.6. The van der Waals surface area contributed by atoms with Crippen LogP contribution >= 0.6 is 11.6 Å². The molecule has 6 heteroatoms. The number of carbonyl (C=O) groups excluding carboxylic acids is 2. The molecule has 2 aromatic rings. The van der Waals surface area contributed by atoms with Gasteiger partial charge in [0, 0.05) is 17.1 Å². The molecule has 0 spiro atoms. The summed E-state index contributed by atoms with van der Waals surface area (Å²) in [6.07, 6.45) is 1.05. The SMILES string of the molecule is CCC(=O)Nc1cc(N(C=O)c2ccc(Cl)cc2)ccc1OC. The zero-order valence-electron chi connectivity index (χ0n) is 12.9. The molecule has 1 N–H and O–H groups in total. The number of nitrogens with zero attached hydrogens (tertiary/aromatic N) is 1. The zero-order valence-corrected chi connectivity index (χ0v) is 13.6. The van der Waals surface area contributed by atoms with Crippen LogP contribution in [-0.4, -0.2) is 19.4 Å². The molecule has 0 aromatic heterocycles. The van der Waals surface area contributed by atoms with E-state index >= 15 is 0 Å². The van der Waals surface area contributed by atoms with E-state index in [0.717, 1.165) is 0 Å². The average molecular weight is 333 g/mol. The summed E-state index contributed by atoms with van der Waals surface area (Å²) in [5.41, 5.74) is 1.79. The number of benzene rings is 2. The molecule has 0 heterocycles. The van der Waals surface area contributed by atoms with Gasteiger partial charge in [0.2, 0.25) is 12.3 Å². The molecule has 2 rings (SSSR count). The number of hydrogen-bond donors (Lipinski definition) is 1. The summed E-state index contributed by atoms with van der Waals surface area (Å²) < 4.78 is 5.24. The van der Waals surface area contributed by atoms with Crippen LogP contribution in [-0.2, 0) is 9.59 Å². The third-order valence-electron chi connectivity index (χ3n) is 3.27. The number of rotatable bonds is 6. The van der Waals surface area contributed by atoms with E-state index in [4.69, 9.17) is 16.3 Å². The first-order valence-corrected chi connectivity index (χ1v) is 7.44. The van der Waals surface area contributed by atoms with Crippen molar-refractivity contribution in [3.05, 3.63) is 47.5 Å². The second kappa shape index (κ2) is 7.65. The van der Waals surface area contributed by atoms with Crippen molar-refractivity contribution in [3.8, 4) is 5.75 Å². The molecule has 0 aliphatic heterocycles. The van der Waals surface area contributed by atoms with E-state index in [2.05, 4.69) is 5.32 Å². The molecule has 0 aliphatic carbocycles. The molecule has 120 valence electrons. The first-order valence-electron chi connectivity index (χ1n) is 7.07. The fourth-order valence-electron chi connectivity index (χ4n) is 2.05. The zero-order chi connectivity index (χ0) is 16.8. The second-order valence-electron chi connectivity index (χ2n) is 4.74. The third kappa shape index (κ3) is 4.02. The van der Waals surface area contributed by atoms with Gasteiger partial charge in [-0.25, -0.2) is 0 Å². The van der Waals surface area contributed by atoms with Gasteiger partial charge in [-0.3, -0.25) is 14.5 Å². The van der Waals surface area contributed by atoms with Crippen LogP contribution in [0.2, 0.25) is 5.02 Å². The van der Waals surface area contributed by atoms with E-state index in [1.807, 2.05) is 0 Å². The van der Waals surface area contributed by atoms with Crippen molar-refractivity contribution in [2.24, 2.45) is 0 Å². The van der Waals surface area contributed by atoms with Crippen LogP contribution in [0.5, 0.6) is 5.75 Å². The van der Waals surface area contributed by atoms with Gasteiger partial charge in [-0.05, 0) is 42.5 Å². The molecule has 0 bridgehead atoms. The first-order chi connectivity index (χ1) is 11.1. The molecule has 0 aliphatic rings. The van der Waals surface area contributed by atoms with Crippen LogP contribution in [0.1, 0.15) is 13.3 Å². The predicted octanol–water partition coefficient (Wildman–Crippen LogP) is 3.99. The Morgan fingerprint density at radius 1 is 1.22 bits per heavy atom. The lowest BCUT2D eigenvalue weighted by atomic mass is 10.2. The van der Waals surface area contributed by atoms with Gasteiger partial charge in [0.05, 0.1) is 18.5 Å². The highest BCUT2D eigenvalue weighted by molar-refractivity contribution is 6.30. The quantitative estimate of drug-likeness (QED) is 0.814. The number of ether oxygens (including phenoxy) is 1. The van der Waals surface area contributed by atoms with Crippen LogP contribution in [0.15, 0.2) is 42.5 Å². The van der Waals surface area contributed by atoms with Crippen molar-refractivity contribution in [2.75, 3.05) is 17.3 Å². The summed E-state index contributed by atoms with van der Waals surface area (Å²) in [6.45, 7) is 1.76. The number of amides is 2. The molecule has 0 unspecified atom stereocenters. The third-order valence-corrected chi connectivity index (χ3v) is 3.52. The summed E-state index contributed by atoms with van der Waals surface area (Å²) in [5.74, 6) is 0.391. The normalized spacial score (nSPS) is 10.0. The molecule has 23 heavy (non-hydrogen) atoms. The number of halogens is 1. The minimum atomic E-state index is -0.135. The largest absolute Gasteiger partial charge is 0.495 e. The molecule has 5 nitrogen and oxygen atoms in total. The Morgan fingerprint density at radius 2 is 1.87 bits per heavy atom. The van der Waals surface area contributed by atoms with Gasteiger partial charge in [0.15, 0.2) is 0 Å². The smallest absolute Gasteiger partial charge is 0.224 e. The van der Waals surface area contributed by atoms with Gasteiger partial charge in [-0.2, -0.15) is 0 Å². The minimum Gasteiger partial charge on any atom is -0.495 e. The van der Waals surface area contributed by atoms with E-state index in [-0.39, 0.29) is 5.91 Å². The molecular weight excluding hydrogens is 316 g/mol. The lowest BCUT2D eigenvalue weighted by Crippen LogP contribution is -2.15. The van der Waals surface area contributed by atoms with Crippen molar-refractivity contribution in [1.29, 1.82) is 0 Å². The number of methoxy groups -OCH3 is 1. The first kappa shape index (κ1) is 16.8. The molecule has 0 fully saturated rings. The highest BCUT2D eigenvalue weighted by Crippen LogP contribution is 2.32. The number of anilines is 3. The lowest BCUT2D eigenvalue weighted by Gasteiger charge is -2.20. The monoisotopic (exact) mass is 332 g/mol. The fraction of sp³-hybridized carbons (Fsp3) is 0.176. The summed E-state index contributed by atoms with van der Waals surface area (Å²) in [5, 5.41) is 3.35. The fourth-order valence-corrected chi connectivity index (χ4v) is 2.18. The minimum absolute atomic E-state index is 0.135. The van der Waals surface area contributed by atoms with Crippen LogP contribution in [0.3, 0.4) is 0 Å². The van der Waals surface area contributed by atoms with Gasteiger partial charge in [0.1, 0.15) is 5.75 Å². The summed E-state index contributed by atoms with van der Waals surface area (Å²) in [7, 11) is 1.52. The number of nitrogens with one attached hydrogen (secondary N) is 1. The van der Waals surface area contributed by atoms with Gasteiger partial charge < -0.3 is 10.1 Å². The van der Waals surface area contributed by atoms with E-state index < -0.39 is 0 Å². The Balaban J connectivity index is 2.40. The Morgan fingerprint density at radius 3 is 2.43 bits per heavy atom. The van der Waals surface area contributed by atoms with E-state index in [1.54, 1.807) is 49.4 Å². The molecule has 0 atom stereocenters. The van der Waals surface area contributed by atoms with Crippen molar-refractivity contribution in [1.82, 2.24) is 0 Å². The number of carbonyl (C=O) groups is 2. The topological polar surface area (TPSA) is 58.6 Å². The maximum atomic E-state index is 11.6. The lowest BCUT2D eigenvalue weighted by molar-refractivity contribution is -0.115.